The number of methoxy groups -OCH3 is 1. The molecular formula is C64H76N4O2. The molecule has 0 spiro atoms. The van der Waals surface area contributed by atoms with Gasteiger partial charge in [0.25, 0.3) is 0 Å². The van der Waals surface area contributed by atoms with Gasteiger partial charge in [-0.2, -0.15) is 0 Å². The maximum absolute atomic E-state index is 9.01. The first-order valence-electron chi connectivity index (χ1n) is 24.1. The molecule has 0 atom stereocenters. The lowest BCUT2D eigenvalue weighted by molar-refractivity contribution is 0.282. The summed E-state index contributed by atoms with van der Waals surface area (Å²) >= 11 is 0. The van der Waals surface area contributed by atoms with Crippen LogP contribution in [-0.2, 0) is 17.4 Å². The van der Waals surface area contributed by atoms with Gasteiger partial charge in [0.1, 0.15) is 5.75 Å². The lowest BCUT2D eigenvalue weighted by Crippen LogP contribution is -2.14. The molecule has 8 aromatic carbocycles. The highest BCUT2D eigenvalue weighted by atomic mass is 16.5. The van der Waals surface area contributed by atoms with Gasteiger partial charge in [-0.3, -0.25) is 0 Å². The van der Waals surface area contributed by atoms with Crippen molar-refractivity contribution in [3.8, 4) is 5.75 Å². The van der Waals surface area contributed by atoms with Crippen molar-refractivity contribution >= 4 is 45.5 Å². The molecule has 0 aromatic heterocycles. The molecule has 0 aliphatic rings. The van der Waals surface area contributed by atoms with Gasteiger partial charge < -0.3 is 29.4 Å². The predicted octanol–water partition coefficient (Wildman–Crippen LogP) is 16.5. The van der Waals surface area contributed by atoms with Gasteiger partial charge in [0, 0.05) is 73.7 Å². The van der Waals surface area contributed by atoms with E-state index in [0.29, 0.717) is 0 Å². The minimum absolute atomic E-state index is 0.0759. The Morgan fingerprint density at radius 1 is 0.343 bits per heavy atom. The number of para-hydroxylation sites is 2. The van der Waals surface area contributed by atoms with E-state index in [4.69, 9.17) is 9.84 Å². The van der Waals surface area contributed by atoms with Gasteiger partial charge in [-0.15, -0.1) is 0 Å². The first kappa shape index (κ1) is 53.7. The maximum atomic E-state index is 9.01. The minimum Gasteiger partial charge on any atom is -0.497 e. The van der Waals surface area contributed by atoms with Crippen molar-refractivity contribution in [3.63, 3.8) is 0 Å². The lowest BCUT2D eigenvalue weighted by atomic mass is 9.87. The largest absolute Gasteiger partial charge is 0.497 e. The van der Waals surface area contributed by atoms with Gasteiger partial charge in [0.05, 0.1) is 13.7 Å². The second-order valence-electron chi connectivity index (χ2n) is 19.7. The van der Waals surface area contributed by atoms with Crippen LogP contribution in [0.2, 0.25) is 0 Å². The second-order valence-corrected chi connectivity index (χ2v) is 19.7. The Hall–Kier alpha value is -7.28. The molecule has 0 radical (unpaired) electrons. The van der Waals surface area contributed by atoms with Crippen molar-refractivity contribution in [2.24, 2.45) is 0 Å². The zero-order chi connectivity index (χ0) is 50.8. The SMILES string of the molecule is CN(c1ccc(C(C)(C)C)cc1)c1ccc(C(C)(C)C)cc1.CN(c1ccccc1)c1ccccc1.COc1ccc(N(C)c2ccc(CO)cc2)cc1.Cc1ccc(N(C)c2ccc(C)cc2)cc1. The second kappa shape index (κ2) is 25.4. The molecule has 0 amide bonds. The van der Waals surface area contributed by atoms with E-state index in [-0.39, 0.29) is 17.4 Å². The summed E-state index contributed by atoms with van der Waals surface area (Å²) in [5.41, 5.74) is 16.1. The van der Waals surface area contributed by atoms with Crippen molar-refractivity contribution in [2.75, 3.05) is 54.9 Å². The number of aliphatic hydroxyl groups is 1. The highest BCUT2D eigenvalue weighted by molar-refractivity contribution is 5.66. The van der Waals surface area contributed by atoms with Crippen LogP contribution in [0, 0.1) is 13.8 Å². The molecule has 70 heavy (non-hydrogen) atoms. The number of anilines is 8. The molecule has 0 saturated heterocycles. The normalized spacial score (nSPS) is 10.8. The summed E-state index contributed by atoms with van der Waals surface area (Å²) in [6.07, 6.45) is 0. The summed E-state index contributed by atoms with van der Waals surface area (Å²) in [4.78, 5) is 8.68. The summed E-state index contributed by atoms with van der Waals surface area (Å²) in [6, 6.07) is 71.3. The smallest absolute Gasteiger partial charge is 0.119 e. The van der Waals surface area contributed by atoms with E-state index in [1.807, 2.05) is 67.7 Å². The van der Waals surface area contributed by atoms with E-state index >= 15 is 0 Å². The van der Waals surface area contributed by atoms with Gasteiger partial charge in [-0.05, 0) is 151 Å². The fourth-order valence-electron chi connectivity index (χ4n) is 7.44. The average molecular weight is 933 g/mol. The molecule has 8 rings (SSSR count). The number of aryl methyl sites for hydroxylation is 2. The van der Waals surface area contributed by atoms with E-state index < -0.39 is 0 Å². The highest BCUT2D eigenvalue weighted by Gasteiger charge is 2.16. The first-order chi connectivity index (χ1) is 33.4. The molecule has 0 unspecified atom stereocenters. The fraction of sp³-hybridized carbons (Fsp3) is 0.250. The van der Waals surface area contributed by atoms with Crippen LogP contribution in [0.3, 0.4) is 0 Å². The number of hydrogen-bond acceptors (Lipinski definition) is 6. The third kappa shape index (κ3) is 15.9. The highest BCUT2D eigenvalue weighted by Crippen LogP contribution is 2.31. The fourth-order valence-corrected chi connectivity index (χ4v) is 7.44. The van der Waals surface area contributed by atoms with Crippen LogP contribution in [0.5, 0.6) is 5.75 Å². The summed E-state index contributed by atoms with van der Waals surface area (Å²) in [6.45, 7) is 17.8. The van der Waals surface area contributed by atoms with Crippen LogP contribution in [-0.4, -0.2) is 40.4 Å². The monoisotopic (exact) mass is 933 g/mol. The van der Waals surface area contributed by atoms with Crippen LogP contribution in [0.1, 0.15) is 69.4 Å². The lowest BCUT2D eigenvalue weighted by Gasteiger charge is -2.24. The molecule has 1 N–H and O–H groups in total. The molecule has 0 aliphatic carbocycles. The maximum Gasteiger partial charge on any atom is 0.119 e. The number of ether oxygens (including phenoxy) is 1. The first-order valence-corrected chi connectivity index (χ1v) is 24.1. The molecule has 0 bridgehead atoms. The van der Waals surface area contributed by atoms with Crippen LogP contribution in [0.25, 0.3) is 0 Å². The Bertz CT molecular complexity index is 2520. The predicted molar refractivity (Wildman–Crippen MR) is 303 cm³/mol. The van der Waals surface area contributed by atoms with E-state index in [2.05, 4.69) is 242 Å². The third-order valence-electron chi connectivity index (χ3n) is 12.3. The Labute approximate surface area is 421 Å². The molecular weight excluding hydrogens is 857 g/mol. The summed E-state index contributed by atoms with van der Waals surface area (Å²) in [5, 5.41) is 9.01. The molecule has 0 fully saturated rings. The van der Waals surface area contributed by atoms with Gasteiger partial charge >= 0.3 is 0 Å². The molecule has 6 nitrogen and oxygen atoms in total. The molecule has 0 aliphatic heterocycles. The van der Waals surface area contributed by atoms with Crippen LogP contribution < -0.4 is 24.3 Å². The number of hydrogen-bond donors (Lipinski definition) is 1. The van der Waals surface area contributed by atoms with Gasteiger partial charge in [0.2, 0.25) is 0 Å². The van der Waals surface area contributed by atoms with Crippen molar-refractivity contribution in [2.45, 2.75) is 72.8 Å². The Morgan fingerprint density at radius 3 is 0.843 bits per heavy atom. The van der Waals surface area contributed by atoms with Gasteiger partial charge in [-0.1, -0.05) is 150 Å². The number of nitrogens with zero attached hydrogens (tertiary/aromatic N) is 4. The molecule has 6 heteroatoms. The van der Waals surface area contributed by atoms with Crippen LogP contribution in [0.4, 0.5) is 45.5 Å². The van der Waals surface area contributed by atoms with E-state index in [1.165, 1.54) is 56.4 Å². The summed E-state index contributed by atoms with van der Waals surface area (Å²) < 4.78 is 5.14. The quantitative estimate of drug-likeness (QED) is 0.147. The van der Waals surface area contributed by atoms with Crippen LogP contribution in [0.15, 0.2) is 206 Å². The van der Waals surface area contributed by atoms with Crippen LogP contribution >= 0.6 is 0 Å². The molecule has 8 aromatic rings. The topological polar surface area (TPSA) is 42.4 Å². The van der Waals surface area contributed by atoms with Crippen molar-refractivity contribution in [1.82, 2.24) is 0 Å². The zero-order valence-electron chi connectivity index (χ0n) is 44.0. The van der Waals surface area contributed by atoms with E-state index in [0.717, 1.165) is 22.7 Å². The number of rotatable bonds is 10. The Morgan fingerprint density at radius 2 is 0.586 bits per heavy atom. The van der Waals surface area contributed by atoms with E-state index in [1.54, 1.807) is 7.11 Å². The molecule has 364 valence electrons. The average Bonchev–Trinajstić information content (AvgIpc) is 3.39. The third-order valence-corrected chi connectivity index (χ3v) is 12.3. The molecule has 0 heterocycles. The van der Waals surface area contributed by atoms with Gasteiger partial charge in [0.15, 0.2) is 0 Å². The van der Waals surface area contributed by atoms with Crippen molar-refractivity contribution in [3.05, 3.63) is 234 Å². The van der Waals surface area contributed by atoms with Gasteiger partial charge in [-0.25, -0.2) is 0 Å². The minimum atomic E-state index is 0.0759. The Kier molecular flexibility index (Phi) is 19.4. The number of aliphatic hydroxyl groups excluding tert-OH is 1. The summed E-state index contributed by atoms with van der Waals surface area (Å²) in [7, 11) is 9.96. The van der Waals surface area contributed by atoms with Crippen molar-refractivity contribution < 1.29 is 9.84 Å². The molecule has 0 saturated carbocycles. The van der Waals surface area contributed by atoms with Crippen molar-refractivity contribution in [1.29, 1.82) is 0 Å². The van der Waals surface area contributed by atoms with E-state index in [9.17, 15) is 0 Å². The summed E-state index contributed by atoms with van der Waals surface area (Å²) in [5.74, 6) is 0.850. The standard InChI is InChI=1S/C21H29N.C15H17NO2.C15H17N.C13H13N/c1-20(2,3)16-8-12-18(13-9-16)22(7)19-14-10-17(11-15-19)21(4,5)6;1-16(13-5-3-12(11-17)4-6-13)14-7-9-15(18-2)10-8-14;1-12-4-8-14(9-5-12)16(3)15-10-6-13(2)7-11-15;1-14(12-8-4-2-5-9-12)13-10-6-3-7-11-13/h8-15H,1-7H3;3-10,17H,11H2,1-2H3;4-11H,1-3H3;2-11H,1H3. The Balaban J connectivity index is 0.000000176. The number of benzene rings is 8. The zero-order valence-corrected chi connectivity index (χ0v) is 44.0.